The largest absolute Gasteiger partial charge is 0.367 e. The first kappa shape index (κ1) is 8.14. The topological polar surface area (TPSA) is 36.1 Å². The van der Waals surface area contributed by atoms with Gasteiger partial charge in [-0.15, -0.1) is 0 Å². The van der Waals surface area contributed by atoms with Gasteiger partial charge in [0, 0.05) is 26.0 Å². The Labute approximate surface area is 70.0 Å². The molecule has 4 heteroatoms. The number of halogens is 1. The average Bonchev–Trinajstić information content (AvgIpc) is 2.39. The summed E-state index contributed by atoms with van der Waals surface area (Å²) >= 11 is 5.22. The van der Waals surface area contributed by atoms with Gasteiger partial charge in [0.25, 0.3) is 0 Å². The highest BCUT2D eigenvalue weighted by atomic mass is 35.5. The highest BCUT2D eigenvalue weighted by Gasteiger charge is 2.04. The number of aromatic nitrogens is 1. The van der Waals surface area contributed by atoms with Crippen LogP contribution in [-0.2, 0) is 6.54 Å². The Hall–Kier alpha value is -0.960. The van der Waals surface area contributed by atoms with Crippen LogP contribution >= 0.6 is 11.6 Å². The number of carbonyl (C=O) groups is 1. The SMILES string of the molecule is CN(Cc1cc[nH]c1)C(=O)Cl. The van der Waals surface area contributed by atoms with Gasteiger partial charge in [-0.05, 0) is 23.2 Å². The molecule has 0 atom stereocenters. The van der Waals surface area contributed by atoms with E-state index < -0.39 is 5.37 Å². The maximum absolute atomic E-state index is 10.6. The van der Waals surface area contributed by atoms with Crippen molar-refractivity contribution >= 4 is 17.0 Å². The quantitative estimate of drug-likeness (QED) is 0.536. The molecule has 0 aliphatic heterocycles. The number of rotatable bonds is 2. The van der Waals surface area contributed by atoms with Gasteiger partial charge < -0.3 is 9.88 Å². The van der Waals surface area contributed by atoms with Gasteiger partial charge in [-0.2, -0.15) is 0 Å². The van der Waals surface area contributed by atoms with Crippen LogP contribution < -0.4 is 0 Å². The monoisotopic (exact) mass is 172 g/mol. The van der Waals surface area contributed by atoms with Crippen molar-refractivity contribution in [2.75, 3.05) is 7.05 Å². The lowest BCUT2D eigenvalue weighted by atomic mass is 10.3. The Morgan fingerprint density at radius 1 is 1.82 bits per heavy atom. The number of H-pyrrole nitrogens is 1. The lowest BCUT2D eigenvalue weighted by Gasteiger charge is -2.10. The van der Waals surface area contributed by atoms with Crippen LogP contribution in [0, 0.1) is 0 Å². The van der Waals surface area contributed by atoms with Crippen molar-refractivity contribution in [3.63, 3.8) is 0 Å². The Balaban J connectivity index is 2.50. The third-order valence-corrected chi connectivity index (χ3v) is 1.67. The van der Waals surface area contributed by atoms with Gasteiger partial charge in [-0.1, -0.05) is 0 Å². The first-order valence-electron chi connectivity index (χ1n) is 3.22. The van der Waals surface area contributed by atoms with Crippen molar-refractivity contribution in [3.8, 4) is 0 Å². The minimum atomic E-state index is -0.439. The first-order chi connectivity index (χ1) is 5.20. The average molecular weight is 173 g/mol. The van der Waals surface area contributed by atoms with E-state index in [0.717, 1.165) is 5.56 Å². The van der Waals surface area contributed by atoms with E-state index in [1.807, 2.05) is 18.5 Å². The molecule has 1 N–H and O–H groups in total. The maximum atomic E-state index is 10.6. The summed E-state index contributed by atoms with van der Waals surface area (Å²) in [6.07, 6.45) is 3.64. The van der Waals surface area contributed by atoms with Crippen LogP contribution in [-0.4, -0.2) is 22.3 Å². The summed E-state index contributed by atoms with van der Waals surface area (Å²) in [6.45, 7) is 0.547. The van der Waals surface area contributed by atoms with Crippen LogP contribution in [0.3, 0.4) is 0 Å². The summed E-state index contributed by atoms with van der Waals surface area (Å²) in [5.74, 6) is 0. The molecule has 0 unspecified atom stereocenters. The summed E-state index contributed by atoms with van der Waals surface area (Å²) in [7, 11) is 1.66. The summed E-state index contributed by atoms with van der Waals surface area (Å²) < 4.78 is 0. The Morgan fingerprint density at radius 3 is 3.00 bits per heavy atom. The molecule has 60 valence electrons. The highest BCUT2D eigenvalue weighted by Crippen LogP contribution is 2.03. The van der Waals surface area contributed by atoms with Gasteiger partial charge in [0.05, 0.1) is 0 Å². The predicted octanol–water partition coefficient (Wildman–Crippen LogP) is 1.81. The predicted molar refractivity (Wildman–Crippen MR) is 43.5 cm³/mol. The van der Waals surface area contributed by atoms with E-state index in [2.05, 4.69) is 4.98 Å². The summed E-state index contributed by atoms with van der Waals surface area (Å²) in [5.41, 5.74) is 1.04. The van der Waals surface area contributed by atoms with E-state index >= 15 is 0 Å². The molecule has 0 saturated heterocycles. The summed E-state index contributed by atoms with van der Waals surface area (Å²) in [6, 6.07) is 1.90. The van der Waals surface area contributed by atoms with Crippen LogP contribution in [0.15, 0.2) is 18.5 Å². The second-order valence-electron chi connectivity index (χ2n) is 2.33. The molecule has 1 rings (SSSR count). The van der Waals surface area contributed by atoms with E-state index in [4.69, 9.17) is 11.6 Å². The molecular weight excluding hydrogens is 164 g/mol. The number of hydrogen-bond donors (Lipinski definition) is 1. The number of amides is 1. The van der Waals surface area contributed by atoms with Gasteiger partial charge in [0.1, 0.15) is 0 Å². The number of nitrogens with one attached hydrogen (secondary N) is 1. The van der Waals surface area contributed by atoms with Crippen molar-refractivity contribution in [1.82, 2.24) is 9.88 Å². The van der Waals surface area contributed by atoms with Crippen molar-refractivity contribution in [2.24, 2.45) is 0 Å². The molecule has 0 spiro atoms. The highest BCUT2D eigenvalue weighted by molar-refractivity contribution is 6.62. The van der Waals surface area contributed by atoms with Crippen LogP contribution in [0.25, 0.3) is 0 Å². The maximum Gasteiger partial charge on any atom is 0.316 e. The normalized spacial score (nSPS) is 9.64. The molecule has 0 saturated carbocycles. The molecular formula is C7H9ClN2O. The van der Waals surface area contributed by atoms with Crippen molar-refractivity contribution < 1.29 is 4.79 Å². The molecule has 3 nitrogen and oxygen atoms in total. The molecule has 11 heavy (non-hydrogen) atoms. The van der Waals surface area contributed by atoms with Crippen LogP contribution in [0.5, 0.6) is 0 Å². The zero-order chi connectivity index (χ0) is 8.27. The molecule has 1 amide bonds. The van der Waals surface area contributed by atoms with Crippen LogP contribution in [0.2, 0.25) is 0 Å². The smallest absolute Gasteiger partial charge is 0.316 e. The third kappa shape index (κ3) is 2.27. The van der Waals surface area contributed by atoms with E-state index in [-0.39, 0.29) is 0 Å². The van der Waals surface area contributed by atoms with Gasteiger partial charge in [0.2, 0.25) is 0 Å². The fourth-order valence-electron chi connectivity index (χ4n) is 0.793. The molecule has 0 bridgehead atoms. The molecule has 1 heterocycles. The molecule has 0 aliphatic carbocycles. The lowest BCUT2D eigenvalue weighted by Crippen LogP contribution is -2.19. The van der Waals surface area contributed by atoms with E-state index in [1.165, 1.54) is 4.90 Å². The molecule has 1 aromatic rings. The zero-order valence-electron chi connectivity index (χ0n) is 6.17. The fourth-order valence-corrected chi connectivity index (χ4v) is 0.853. The van der Waals surface area contributed by atoms with E-state index in [0.29, 0.717) is 6.54 Å². The third-order valence-electron chi connectivity index (χ3n) is 1.38. The van der Waals surface area contributed by atoms with Gasteiger partial charge >= 0.3 is 5.37 Å². The van der Waals surface area contributed by atoms with Gasteiger partial charge in [-0.3, -0.25) is 4.79 Å². The number of aromatic amines is 1. The number of hydrogen-bond acceptors (Lipinski definition) is 1. The molecule has 0 fully saturated rings. The van der Waals surface area contributed by atoms with E-state index in [1.54, 1.807) is 7.05 Å². The Morgan fingerprint density at radius 2 is 2.55 bits per heavy atom. The fraction of sp³-hybridized carbons (Fsp3) is 0.286. The van der Waals surface area contributed by atoms with Crippen LogP contribution in [0.4, 0.5) is 4.79 Å². The zero-order valence-corrected chi connectivity index (χ0v) is 6.93. The van der Waals surface area contributed by atoms with Crippen molar-refractivity contribution in [1.29, 1.82) is 0 Å². The van der Waals surface area contributed by atoms with Crippen molar-refractivity contribution in [3.05, 3.63) is 24.0 Å². The van der Waals surface area contributed by atoms with Gasteiger partial charge in [0.15, 0.2) is 0 Å². The second kappa shape index (κ2) is 3.44. The molecule has 0 radical (unpaired) electrons. The second-order valence-corrected chi connectivity index (χ2v) is 2.65. The van der Waals surface area contributed by atoms with E-state index in [9.17, 15) is 4.79 Å². The Kier molecular flexibility index (Phi) is 2.54. The molecule has 1 aromatic heterocycles. The summed E-state index contributed by atoms with van der Waals surface area (Å²) in [4.78, 5) is 14.9. The number of carbonyl (C=O) groups excluding carboxylic acids is 1. The molecule has 0 aromatic carbocycles. The Bertz CT molecular complexity index is 233. The van der Waals surface area contributed by atoms with Crippen LogP contribution in [0.1, 0.15) is 5.56 Å². The molecule has 0 aliphatic rings. The first-order valence-corrected chi connectivity index (χ1v) is 3.60. The van der Waals surface area contributed by atoms with Crippen molar-refractivity contribution in [2.45, 2.75) is 6.54 Å². The van der Waals surface area contributed by atoms with Gasteiger partial charge in [-0.25, -0.2) is 0 Å². The minimum Gasteiger partial charge on any atom is -0.367 e. The summed E-state index contributed by atoms with van der Waals surface area (Å²) in [5, 5.41) is -0.439. The lowest BCUT2D eigenvalue weighted by molar-refractivity contribution is 0.230. The standard InChI is InChI=1S/C7H9ClN2O/c1-10(7(8)11)5-6-2-3-9-4-6/h2-4,9H,5H2,1H3. The number of nitrogens with zero attached hydrogens (tertiary/aromatic N) is 1. The minimum absolute atomic E-state index is 0.439.